The van der Waals surface area contributed by atoms with Crippen molar-refractivity contribution in [1.29, 1.82) is 0 Å². The molecule has 0 aliphatic rings. The van der Waals surface area contributed by atoms with Crippen molar-refractivity contribution in [3.63, 3.8) is 0 Å². The van der Waals surface area contributed by atoms with Gasteiger partial charge in [-0.3, -0.25) is 0 Å². The van der Waals surface area contributed by atoms with Gasteiger partial charge in [-0.25, -0.2) is 9.59 Å². The fourth-order valence-corrected chi connectivity index (χ4v) is 1.90. The van der Waals surface area contributed by atoms with Gasteiger partial charge in [0.1, 0.15) is 6.61 Å². The van der Waals surface area contributed by atoms with Gasteiger partial charge in [0.15, 0.2) is 0 Å². The molecule has 2 amide bonds. The van der Waals surface area contributed by atoms with E-state index in [2.05, 4.69) is 5.32 Å². The van der Waals surface area contributed by atoms with Crippen molar-refractivity contribution in [2.75, 3.05) is 5.32 Å². The summed E-state index contributed by atoms with van der Waals surface area (Å²) in [6.45, 7) is 0.0754. The number of ether oxygens (including phenoxy) is 1. The number of anilines is 1. The van der Waals surface area contributed by atoms with Gasteiger partial charge in [0.05, 0.1) is 5.56 Å². The van der Waals surface area contributed by atoms with Crippen LogP contribution in [0.4, 0.5) is 10.5 Å². The van der Waals surface area contributed by atoms with E-state index in [4.69, 9.17) is 22.1 Å². The highest BCUT2D eigenvalue weighted by Gasteiger charge is 2.09. The molecule has 0 aliphatic carbocycles. The van der Waals surface area contributed by atoms with Gasteiger partial charge in [-0.1, -0.05) is 35.9 Å². The Kier molecular flexibility index (Phi) is 4.79. The summed E-state index contributed by atoms with van der Waals surface area (Å²) in [7, 11) is 0. The number of hydrogen-bond acceptors (Lipinski definition) is 3. The number of primary amides is 1. The Balaban J connectivity index is 2.03. The van der Waals surface area contributed by atoms with Crippen LogP contribution < -0.4 is 11.1 Å². The van der Waals surface area contributed by atoms with E-state index in [1.807, 2.05) is 6.07 Å². The highest BCUT2D eigenvalue weighted by molar-refractivity contribution is 6.31. The van der Waals surface area contributed by atoms with Crippen molar-refractivity contribution < 1.29 is 14.3 Å². The predicted octanol–water partition coefficient (Wildman–Crippen LogP) is 3.19. The van der Waals surface area contributed by atoms with Crippen LogP contribution in [0.15, 0.2) is 48.5 Å². The third-order valence-electron chi connectivity index (χ3n) is 2.68. The first kappa shape index (κ1) is 14.9. The maximum atomic E-state index is 12.0. The van der Waals surface area contributed by atoms with Crippen molar-refractivity contribution in [2.24, 2.45) is 5.73 Å². The molecule has 0 saturated heterocycles. The number of esters is 1. The predicted molar refractivity (Wildman–Crippen MR) is 80.2 cm³/mol. The summed E-state index contributed by atoms with van der Waals surface area (Å²) in [4.78, 5) is 22.7. The van der Waals surface area contributed by atoms with Gasteiger partial charge in [-0.15, -0.1) is 0 Å². The third-order valence-corrected chi connectivity index (χ3v) is 3.05. The number of amides is 2. The summed E-state index contributed by atoms with van der Waals surface area (Å²) in [6, 6.07) is 12.7. The van der Waals surface area contributed by atoms with Crippen LogP contribution >= 0.6 is 11.6 Å². The molecule has 0 radical (unpaired) electrons. The van der Waals surface area contributed by atoms with E-state index in [1.165, 1.54) is 6.07 Å². The third kappa shape index (κ3) is 4.22. The second kappa shape index (κ2) is 6.76. The molecular formula is C15H13ClN2O3. The quantitative estimate of drug-likeness (QED) is 0.851. The molecule has 5 nitrogen and oxygen atoms in total. The lowest BCUT2D eigenvalue weighted by Crippen LogP contribution is -2.19. The Morgan fingerprint density at radius 1 is 1.14 bits per heavy atom. The van der Waals surface area contributed by atoms with Gasteiger partial charge in [-0.2, -0.15) is 0 Å². The van der Waals surface area contributed by atoms with Gasteiger partial charge < -0.3 is 15.8 Å². The number of hydrogen-bond donors (Lipinski definition) is 2. The zero-order valence-corrected chi connectivity index (χ0v) is 11.8. The minimum Gasteiger partial charge on any atom is -0.457 e. The molecule has 0 spiro atoms. The van der Waals surface area contributed by atoms with Crippen LogP contribution in [0.25, 0.3) is 0 Å². The van der Waals surface area contributed by atoms with Crippen LogP contribution in [0.5, 0.6) is 0 Å². The van der Waals surface area contributed by atoms with Crippen LogP contribution in [0, 0.1) is 0 Å². The van der Waals surface area contributed by atoms with Crippen molar-refractivity contribution in [2.45, 2.75) is 6.61 Å². The highest BCUT2D eigenvalue weighted by atomic mass is 35.5. The molecule has 0 saturated carbocycles. The lowest BCUT2D eigenvalue weighted by molar-refractivity contribution is 0.0473. The summed E-state index contributed by atoms with van der Waals surface area (Å²) in [5.41, 5.74) is 6.48. The van der Waals surface area contributed by atoms with E-state index in [0.717, 1.165) is 5.56 Å². The molecule has 2 rings (SSSR count). The van der Waals surface area contributed by atoms with Gasteiger partial charge >= 0.3 is 12.0 Å². The second-order valence-electron chi connectivity index (χ2n) is 4.24. The summed E-state index contributed by atoms with van der Waals surface area (Å²) >= 11 is 5.98. The van der Waals surface area contributed by atoms with Crippen molar-refractivity contribution in [1.82, 2.24) is 0 Å². The van der Waals surface area contributed by atoms with Crippen LogP contribution in [-0.4, -0.2) is 12.0 Å². The van der Waals surface area contributed by atoms with Crippen LogP contribution in [-0.2, 0) is 11.3 Å². The van der Waals surface area contributed by atoms with Crippen molar-refractivity contribution >= 4 is 29.3 Å². The lowest BCUT2D eigenvalue weighted by atomic mass is 10.2. The average Bonchev–Trinajstić information content (AvgIpc) is 2.45. The largest absolute Gasteiger partial charge is 0.457 e. The monoisotopic (exact) mass is 304 g/mol. The Bertz CT molecular complexity index is 673. The summed E-state index contributed by atoms with van der Waals surface area (Å²) in [5.74, 6) is -0.511. The zero-order chi connectivity index (χ0) is 15.2. The molecule has 0 unspecified atom stereocenters. The van der Waals surface area contributed by atoms with Gasteiger partial charge in [0.2, 0.25) is 0 Å². The second-order valence-corrected chi connectivity index (χ2v) is 4.64. The molecule has 0 atom stereocenters. The summed E-state index contributed by atoms with van der Waals surface area (Å²) in [6.07, 6.45) is 0. The fourth-order valence-electron chi connectivity index (χ4n) is 1.71. The number of benzene rings is 2. The number of nitrogens with two attached hydrogens (primary N) is 1. The van der Waals surface area contributed by atoms with Crippen LogP contribution in [0.3, 0.4) is 0 Å². The Labute approximate surface area is 126 Å². The first-order chi connectivity index (χ1) is 10.1. The topological polar surface area (TPSA) is 81.4 Å². The van der Waals surface area contributed by atoms with E-state index in [9.17, 15) is 9.59 Å². The first-order valence-electron chi connectivity index (χ1n) is 6.13. The highest BCUT2D eigenvalue weighted by Crippen LogP contribution is 2.17. The Hall–Kier alpha value is -2.53. The first-order valence-corrected chi connectivity index (χ1v) is 6.51. The van der Waals surface area contributed by atoms with Crippen LogP contribution in [0.2, 0.25) is 5.02 Å². The average molecular weight is 305 g/mol. The minimum absolute atomic E-state index is 0.0754. The molecule has 108 valence electrons. The number of urea groups is 1. The number of carbonyl (C=O) groups excluding carboxylic acids is 2. The summed E-state index contributed by atoms with van der Waals surface area (Å²) < 4.78 is 5.19. The van der Waals surface area contributed by atoms with Crippen molar-refractivity contribution in [3.8, 4) is 0 Å². The molecule has 0 fully saturated rings. The number of halogens is 1. The smallest absolute Gasteiger partial charge is 0.338 e. The Morgan fingerprint density at radius 2 is 1.90 bits per heavy atom. The standard InChI is InChI=1S/C15H13ClN2O3/c16-13-7-2-1-4-11(13)9-21-14(19)10-5-3-6-12(8-10)18-15(17)20/h1-8H,9H2,(H3,17,18,20). The minimum atomic E-state index is -0.698. The number of rotatable bonds is 4. The van der Waals surface area contributed by atoms with E-state index >= 15 is 0 Å². The van der Waals surface area contributed by atoms with E-state index < -0.39 is 12.0 Å². The van der Waals surface area contributed by atoms with E-state index in [-0.39, 0.29) is 6.61 Å². The lowest BCUT2D eigenvalue weighted by Gasteiger charge is -2.08. The molecule has 3 N–H and O–H groups in total. The molecule has 2 aromatic rings. The molecule has 21 heavy (non-hydrogen) atoms. The normalized spacial score (nSPS) is 9.95. The maximum absolute atomic E-state index is 12.0. The molecule has 0 aliphatic heterocycles. The van der Waals surface area contributed by atoms with Gasteiger partial charge in [-0.05, 0) is 24.3 Å². The van der Waals surface area contributed by atoms with Gasteiger partial charge in [0.25, 0.3) is 0 Å². The molecular weight excluding hydrogens is 292 g/mol. The van der Waals surface area contributed by atoms with Gasteiger partial charge in [0, 0.05) is 16.3 Å². The molecule has 0 heterocycles. The van der Waals surface area contributed by atoms with Crippen molar-refractivity contribution in [3.05, 3.63) is 64.7 Å². The molecule has 0 bridgehead atoms. The number of carbonyl (C=O) groups is 2. The fraction of sp³-hybridized carbons (Fsp3) is 0.0667. The Morgan fingerprint density at radius 3 is 2.62 bits per heavy atom. The number of nitrogens with one attached hydrogen (secondary N) is 1. The maximum Gasteiger partial charge on any atom is 0.338 e. The van der Waals surface area contributed by atoms with Crippen LogP contribution in [0.1, 0.15) is 15.9 Å². The summed E-state index contributed by atoms with van der Waals surface area (Å²) in [5, 5.41) is 2.93. The molecule has 0 aromatic heterocycles. The molecule has 2 aromatic carbocycles. The SMILES string of the molecule is NC(=O)Nc1cccc(C(=O)OCc2ccccc2Cl)c1. The zero-order valence-electron chi connectivity index (χ0n) is 11.0. The molecule has 6 heteroatoms. The van der Waals surface area contributed by atoms with E-state index in [0.29, 0.717) is 16.3 Å². The van der Waals surface area contributed by atoms with E-state index in [1.54, 1.807) is 36.4 Å².